The van der Waals surface area contributed by atoms with Crippen LogP contribution < -0.4 is 5.32 Å². The smallest absolute Gasteiger partial charge is 0.223 e. The number of amides is 1. The number of piperidine rings is 1. The van der Waals surface area contributed by atoms with Gasteiger partial charge in [-0.25, -0.2) is 0 Å². The first-order chi connectivity index (χ1) is 9.78. The summed E-state index contributed by atoms with van der Waals surface area (Å²) in [5.74, 6) is 3.00. The van der Waals surface area contributed by atoms with E-state index in [-0.39, 0.29) is 12.4 Å². The van der Waals surface area contributed by atoms with Crippen molar-refractivity contribution < 1.29 is 4.79 Å². The zero-order valence-electron chi connectivity index (χ0n) is 13.4. The van der Waals surface area contributed by atoms with Gasteiger partial charge in [-0.3, -0.25) is 4.79 Å². The van der Waals surface area contributed by atoms with E-state index in [2.05, 4.69) is 17.1 Å². The molecular weight excluding hydrogens is 284 g/mol. The van der Waals surface area contributed by atoms with Crippen molar-refractivity contribution in [2.24, 2.45) is 17.8 Å². The van der Waals surface area contributed by atoms with Crippen LogP contribution in [0.4, 0.5) is 0 Å². The van der Waals surface area contributed by atoms with Crippen molar-refractivity contribution in [3.05, 3.63) is 0 Å². The molecule has 3 nitrogen and oxygen atoms in total. The van der Waals surface area contributed by atoms with Gasteiger partial charge in [0.2, 0.25) is 5.91 Å². The third kappa shape index (κ3) is 3.92. The third-order valence-corrected chi connectivity index (χ3v) is 5.86. The molecule has 1 saturated heterocycles. The average Bonchev–Trinajstić information content (AvgIpc) is 3.08. The molecule has 1 N–H and O–H groups in total. The van der Waals surface area contributed by atoms with Gasteiger partial charge in [-0.2, -0.15) is 0 Å². The SMILES string of the molecule is CCCN(C(=O)CC1CC2CCC1C2)C1CCNCC1.Cl. The highest BCUT2D eigenvalue weighted by atomic mass is 35.5. The lowest BCUT2D eigenvalue weighted by Crippen LogP contribution is -2.47. The summed E-state index contributed by atoms with van der Waals surface area (Å²) in [5.41, 5.74) is 0. The molecule has 0 aromatic carbocycles. The summed E-state index contributed by atoms with van der Waals surface area (Å²) in [6, 6.07) is 0.502. The standard InChI is InChI=1S/C17H30N2O.ClH/c1-2-9-19(16-5-7-18-8-6-16)17(20)12-15-11-13-3-4-14(15)10-13;/h13-16,18H,2-12H2,1H3;1H. The normalized spacial score (nSPS) is 32.0. The first-order valence-electron chi connectivity index (χ1n) is 8.78. The molecular formula is C17H31ClN2O. The molecule has 0 aromatic heterocycles. The van der Waals surface area contributed by atoms with Crippen LogP contribution in [0.15, 0.2) is 0 Å². The monoisotopic (exact) mass is 314 g/mol. The summed E-state index contributed by atoms with van der Waals surface area (Å²) in [4.78, 5) is 15.0. The highest BCUT2D eigenvalue weighted by molar-refractivity contribution is 5.85. The van der Waals surface area contributed by atoms with Gasteiger partial charge in [0.05, 0.1) is 0 Å². The lowest BCUT2D eigenvalue weighted by Gasteiger charge is -2.36. The van der Waals surface area contributed by atoms with Crippen molar-refractivity contribution in [2.45, 2.75) is 64.3 Å². The largest absolute Gasteiger partial charge is 0.340 e. The van der Waals surface area contributed by atoms with Crippen LogP contribution in [0.2, 0.25) is 0 Å². The van der Waals surface area contributed by atoms with Crippen molar-refractivity contribution in [3.8, 4) is 0 Å². The molecule has 0 radical (unpaired) electrons. The Balaban J connectivity index is 0.00000161. The van der Waals surface area contributed by atoms with Crippen molar-refractivity contribution in [1.82, 2.24) is 10.2 Å². The molecule has 1 aliphatic heterocycles. The number of carbonyl (C=O) groups excluding carboxylic acids is 1. The maximum atomic E-state index is 12.8. The molecule has 3 atom stereocenters. The lowest BCUT2D eigenvalue weighted by molar-refractivity contribution is -0.135. The highest BCUT2D eigenvalue weighted by Gasteiger charge is 2.41. The van der Waals surface area contributed by atoms with Crippen molar-refractivity contribution in [2.75, 3.05) is 19.6 Å². The maximum Gasteiger partial charge on any atom is 0.223 e. The molecule has 0 spiro atoms. The molecule has 2 aliphatic carbocycles. The van der Waals surface area contributed by atoms with Gasteiger partial charge in [0.1, 0.15) is 0 Å². The minimum Gasteiger partial charge on any atom is -0.340 e. The number of hydrogen-bond acceptors (Lipinski definition) is 2. The van der Waals surface area contributed by atoms with E-state index in [9.17, 15) is 4.79 Å². The van der Waals surface area contributed by atoms with Gasteiger partial charge in [0.15, 0.2) is 0 Å². The van der Waals surface area contributed by atoms with Gasteiger partial charge in [-0.05, 0) is 69.4 Å². The fourth-order valence-corrected chi connectivity index (χ4v) is 4.84. The van der Waals surface area contributed by atoms with E-state index in [1.54, 1.807) is 0 Å². The molecule has 0 aromatic rings. The molecule has 3 unspecified atom stereocenters. The molecule has 122 valence electrons. The molecule has 3 fully saturated rings. The minimum atomic E-state index is 0. The summed E-state index contributed by atoms with van der Waals surface area (Å²) in [6.45, 7) is 5.31. The maximum absolute atomic E-state index is 12.8. The van der Waals surface area contributed by atoms with E-state index < -0.39 is 0 Å². The Hall–Kier alpha value is -0.280. The second kappa shape index (κ2) is 7.82. The Kier molecular flexibility index (Phi) is 6.36. The molecule has 1 heterocycles. The second-order valence-corrected chi connectivity index (χ2v) is 7.21. The van der Waals surface area contributed by atoms with Crippen LogP contribution in [0.3, 0.4) is 0 Å². The number of halogens is 1. The minimum absolute atomic E-state index is 0. The first kappa shape index (κ1) is 17.1. The van der Waals surface area contributed by atoms with Crippen molar-refractivity contribution in [1.29, 1.82) is 0 Å². The Labute approximate surface area is 135 Å². The Morgan fingerprint density at radius 2 is 1.90 bits per heavy atom. The predicted octanol–water partition coefficient (Wildman–Crippen LogP) is 3.23. The predicted molar refractivity (Wildman–Crippen MR) is 88.7 cm³/mol. The number of nitrogens with one attached hydrogen (secondary N) is 1. The van der Waals surface area contributed by atoms with Gasteiger partial charge in [0.25, 0.3) is 0 Å². The molecule has 2 saturated carbocycles. The summed E-state index contributed by atoms with van der Waals surface area (Å²) in [6.07, 6.45) is 9.79. The second-order valence-electron chi connectivity index (χ2n) is 7.21. The van der Waals surface area contributed by atoms with Crippen LogP contribution >= 0.6 is 12.4 Å². The molecule has 4 heteroatoms. The van der Waals surface area contributed by atoms with E-state index in [1.807, 2.05) is 0 Å². The Morgan fingerprint density at radius 3 is 2.48 bits per heavy atom. The number of nitrogens with zero attached hydrogens (tertiary/aromatic N) is 1. The number of fused-ring (bicyclic) bond motifs is 2. The Bertz CT molecular complexity index is 344. The zero-order valence-corrected chi connectivity index (χ0v) is 14.2. The molecule has 1 amide bonds. The average molecular weight is 315 g/mol. The number of carbonyl (C=O) groups is 1. The Morgan fingerprint density at radius 1 is 1.14 bits per heavy atom. The van der Waals surface area contributed by atoms with Crippen molar-refractivity contribution in [3.63, 3.8) is 0 Å². The van der Waals surface area contributed by atoms with E-state index in [4.69, 9.17) is 0 Å². The van der Waals surface area contributed by atoms with Gasteiger partial charge in [-0.15, -0.1) is 12.4 Å². The molecule has 2 bridgehead atoms. The van der Waals surface area contributed by atoms with E-state index in [1.165, 1.54) is 25.7 Å². The van der Waals surface area contributed by atoms with Crippen molar-refractivity contribution >= 4 is 18.3 Å². The summed E-state index contributed by atoms with van der Waals surface area (Å²) < 4.78 is 0. The van der Waals surface area contributed by atoms with Gasteiger partial charge in [0, 0.05) is 19.0 Å². The van der Waals surface area contributed by atoms with Crippen LogP contribution in [-0.4, -0.2) is 36.5 Å². The first-order valence-corrected chi connectivity index (χ1v) is 8.78. The van der Waals surface area contributed by atoms with Gasteiger partial charge < -0.3 is 10.2 Å². The van der Waals surface area contributed by atoms with Crippen LogP contribution in [0, 0.1) is 17.8 Å². The molecule has 21 heavy (non-hydrogen) atoms. The van der Waals surface area contributed by atoms with E-state index >= 15 is 0 Å². The lowest BCUT2D eigenvalue weighted by atomic mass is 9.86. The fourth-order valence-electron chi connectivity index (χ4n) is 4.84. The van der Waals surface area contributed by atoms with Crippen LogP contribution in [0.5, 0.6) is 0 Å². The van der Waals surface area contributed by atoms with Crippen LogP contribution in [0.25, 0.3) is 0 Å². The number of rotatable bonds is 5. The third-order valence-electron chi connectivity index (χ3n) is 5.86. The summed E-state index contributed by atoms with van der Waals surface area (Å²) in [7, 11) is 0. The van der Waals surface area contributed by atoms with Crippen LogP contribution in [0.1, 0.15) is 58.3 Å². The summed E-state index contributed by atoms with van der Waals surface area (Å²) >= 11 is 0. The van der Waals surface area contributed by atoms with Crippen LogP contribution in [-0.2, 0) is 4.79 Å². The molecule has 3 rings (SSSR count). The topological polar surface area (TPSA) is 32.3 Å². The number of hydrogen-bond donors (Lipinski definition) is 1. The summed E-state index contributed by atoms with van der Waals surface area (Å²) in [5, 5.41) is 3.41. The van der Waals surface area contributed by atoms with Gasteiger partial charge in [-0.1, -0.05) is 13.3 Å². The van der Waals surface area contributed by atoms with E-state index in [0.717, 1.165) is 57.2 Å². The van der Waals surface area contributed by atoms with Gasteiger partial charge >= 0.3 is 0 Å². The molecule has 3 aliphatic rings. The zero-order chi connectivity index (χ0) is 13.9. The fraction of sp³-hybridized carbons (Fsp3) is 0.941. The quantitative estimate of drug-likeness (QED) is 0.845. The van der Waals surface area contributed by atoms with E-state index in [0.29, 0.717) is 17.9 Å². The highest BCUT2D eigenvalue weighted by Crippen LogP contribution is 2.49.